The first kappa shape index (κ1) is 16.4. The Hall–Kier alpha value is -0.650. The zero-order chi connectivity index (χ0) is 14.7. The van der Waals surface area contributed by atoms with E-state index in [4.69, 9.17) is 4.74 Å². The molecule has 0 aromatic carbocycles. The lowest BCUT2D eigenvalue weighted by Gasteiger charge is -2.08. The average Bonchev–Trinajstić information content (AvgIpc) is 2.76. The normalized spacial score (nSPS) is 14.3. The first-order valence-corrected chi connectivity index (χ1v) is 8.43. The van der Waals surface area contributed by atoms with Crippen molar-refractivity contribution < 1.29 is 30.5 Å². The molecule has 1 aromatic rings. The van der Waals surface area contributed by atoms with Gasteiger partial charge in [-0.15, -0.1) is 11.3 Å². The summed E-state index contributed by atoms with van der Waals surface area (Å²) in [4.78, 5) is 0. The lowest BCUT2D eigenvalue weighted by molar-refractivity contribution is -0.0383. The standard InChI is InChI=1S/C8H10F3NO4S3/c1-16-6-2-4-17-7(6)19(14,15)12-3-5-18(13)8(9,10)11/h2,4,12H,3,5H2,1H3. The van der Waals surface area contributed by atoms with Gasteiger partial charge in [-0.3, -0.25) is 4.21 Å². The highest BCUT2D eigenvalue weighted by molar-refractivity contribution is 7.91. The summed E-state index contributed by atoms with van der Waals surface area (Å²) in [7, 11) is -5.76. The van der Waals surface area contributed by atoms with Crippen molar-refractivity contribution in [1.82, 2.24) is 4.72 Å². The van der Waals surface area contributed by atoms with Gasteiger partial charge in [-0.1, -0.05) is 0 Å². The summed E-state index contributed by atoms with van der Waals surface area (Å²) in [6.07, 6.45) is 0. The van der Waals surface area contributed by atoms with Crippen LogP contribution in [0.1, 0.15) is 0 Å². The van der Waals surface area contributed by atoms with Crippen molar-refractivity contribution in [3.8, 4) is 5.75 Å². The van der Waals surface area contributed by atoms with Crippen LogP contribution < -0.4 is 9.46 Å². The van der Waals surface area contributed by atoms with Crippen molar-refractivity contribution in [2.75, 3.05) is 19.4 Å². The van der Waals surface area contributed by atoms with Gasteiger partial charge in [-0.2, -0.15) is 13.2 Å². The SMILES string of the molecule is COc1ccsc1S(=O)(=O)NCCS(=O)C(F)(F)F. The third kappa shape index (κ3) is 4.44. The Morgan fingerprint density at radius 2 is 2.11 bits per heavy atom. The van der Waals surface area contributed by atoms with Crippen LogP contribution in [0.5, 0.6) is 5.75 Å². The number of ether oxygens (including phenoxy) is 1. The molecule has 0 amide bonds. The van der Waals surface area contributed by atoms with Crippen LogP contribution in [-0.2, 0) is 20.8 Å². The first-order chi connectivity index (χ1) is 8.68. The van der Waals surface area contributed by atoms with E-state index in [2.05, 4.69) is 0 Å². The highest BCUT2D eigenvalue weighted by Gasteiger charge is 2.36. The molecule has 0 aliphatic rings. The summed E-state index contributed by atoms with van der Waals surface area (Å²) in [5.74, 6) is -0.731. The van der Waals surface area contributed by atoms with Gasteiger partial charge in [0.1, 0.15) is 16.5 Å². The minimum absolute atomic E-state index is 0.106. The van der Waals surface area contributed by atoms with E-state index in [1.54, 1.807) is 0 Å². The maximum atomic E-state index is 12.0. The van der Waals surface area contributed by atoms with Gasteiger partial charge in [-0.05, 0) is 11.4 Å². The zero-order valence-corrected chi connectivity index (χ0v) is 12.0. The predicted molar refractivity (Wildman–Crippen MR) is 65.1 cm³/mol. The van der Waals surface area contributed by atoms with Crippen LogP contribution in [0.25, 0.3) is 0 Å². The van der Waals surface area contributed by atoms with Gasteiger partial charge in [0.15, 0.2) is 4.21 Å². The molecule has 0 fully saturated rings. The second-order valence-corrected chi connectivity index (χ2v) is 7.61. The summed E-state index contributed by atoms with van der Waals surface area (Å²) in [6, 6.07) is 1.42. The molecule has 0 aliphatic heterocycles. The molecule has 1 rings (SSSR count). The molecule has 1 unspecified atom stereocenters. The lowest BCUT2D eigenvalue weighted by Crippen LogP contribution is -2.30. The van der Waals surface area contributed by atoms with E-state index in [0.29, 0.717) is 0 Å². The van der Waals surface area contributed by atoms with E-state index in [-0.39, 0.29) is 9.96 Å². The molecule has 0 bridgehead atoms. The van der Waals surface area contributed by atoms with Gasteiger partial charge >= 0.3 is 5.51 Å². The van der Waals surface area contributed by atoms with E-state index in [1.165, 1.54) is 18.6 Å². The number of thiophene rings is 1. The number of rotatable bonds is 6. The topological polar surface area (TPSA) is 72.5 Å². The third-order valence-electron chi connectivity index (χ3n) is 1.90. The lowest BCUT2D eigenvalue weighted by atomic mass is 10.6. The maximum Gasteiger partial charge on any atom is 0.471 e. The van der Waals surface area contributed by atoms with Gasteiger partial charge < -0.3 is 4.74 Å². The molecule has 1 atom stereocenters. The Balaban J connectivity index is 2.65. The molecule has 0 radical (unpaired) electrons. The average molecular weight is 337 g/mol. The van der Waals surface area contributed by atoms with Gasteiger partial charge in [0.2, 0.25) is 0 Å². The minimum atomic E-state index is -4.84. The Labute approximate surface area is 114 Å². The number of methoxy groups -OCH3 is 1. The van der Waals surface area contributed by atoms with Crippen molar-refractivity contribution in [2.45, 2.75) is 9.72 Å². The van der Waals surface area contributed by atoms with Gasteiger partial charge in [0.05, 0.1) is 7.11 Å². The largest absolute Gasteiger partial charge is 0.494 e. The Morgan fingerprint density at radius 3 is 2.63 bits per heavy atom. The molecule has 1 aromatic heterocycles. The molecule has 0 saturated heterocycles. The number of nitrogens with one attached hydrogen (secondary N) is 1. The van der Waals surface area contributed by atoms with Gasteiger partial charge in [0, 0.05) is 12.3 Å². The number of hydrogen-bond donors (Lipinski definition) is 1. The molecule has 1 N–H and O–H groups in total. The fourth-order valence-corrected chi connectivity index (χ4v) is 4.08. The van der Waals surface area contributed by atoms with Crippen LogP contribution in [0, 0.1) is 0 Å². The monoisotopic (exact) mass is 337 g/mol. The summed E-state index contributed by atoms with van der Waals surface area (Å²) in [5.41, 5.74) is -4.84. The van der Waals surface area contributed by atoms with Crippen molar-refractivity contribution >= 4 is 32.2 Å². The van der Waals surface area contributed by atoms with Crippen LogP contribution in [-0.4, -0.2) is 37.5 Å². The summed E-state index contributed by atoms with van der Waals surface area (Å²) < 4.78 is 76.7. The molecule has 11 heteroatoms. The van der Waals surface area contributed by atoms with Crippen molar-refractivity contribution in [1.29, 1.82) is 0 Å². The Kier molecular flexibility index (Phi) is 5.35. The highest BCUT2D eigenvalue weighted by Crippen LogP contribution is 2.29. The fraction of sp³-hybridized carbons (Fsp3) is 0.500. The second-order valence-electron chi connectivity index (χ2n) is 3.17. The van der Waals surface area contributed by atoms with Crippen molar-refractivity contribution in [2.24, 2.45) is 0 Å². The van der Waals surface area contributed by atoms with E-state index in [1.807, 2.05) is 4.72 Å². The van der Waals surface area contributed by atoms with Crippen molar-refractivity contribution in [3.05, 3.63) is 11.4 Å². The summed E-state index contributed by atoms with van der Waals surface area (Å²) in [5, 5.41) is 1.47. The molecule has 0 saturated carbocycles. The molecule has 5 nitrogen and oxygen atoms in total. The smallest absolute Gasteiger partial charge is 0.471 e. The molecule has 110 valence electrons. The third-order valence-corrected chi connectivity index (χ3v) is 5.90. The molecule has 1 heterocycles. The Bertz CT molecular complexity index is 552. The summed E-state index contributed by atoms with van der Waals surface area (Å²) >= 11 is 0.872. The Morgan fingerprint density at radius 1 is 1.47 bits per heavy atom. The second kappa shape index (κ2) is 6.20. The highest BCUT2D eigenvalue weighted by atomic mass is 32.2. The summed E-state index contributed by atoms with van der Waals surface area (Å²) in [6.45, 7) is -0.574. The minimum Gasteiger partial charge on any atom is -0.494 e. The molecule has 0 aliphatic carbocycles. The number of hydrogen-bond acceptors (Lipinski definition) is 5. The van der Waals surface area contributed by atoms with Crippen LogP contribution in [0.4, 0.5) is 13.2 Å². The van der Waals surface area contributed by atoms with Crippen LogP contribution in [0.15, 0.2) is 15.7 Å². The predicted octanol–water partition coefficient (Wildman–Crippen LogP) is 1.30. The number of halogens is 3. The van der Waals surface area contributed by atoms with Gasteiger partial charge in [-0.25, -0.2) is 13.1 Å². The molecular formula is C8H10F3NO4S3. The van der Waals surface area contributed by atoms with Crippen LogP contribution >= 0.6 is 11.3 Å². The maximum absolute atomic E-state index is 12.0. The first-order valence-electron chi connectivity index (χ1n) is 4.75. The molecule has 19 heavy (non-hydrogen) atoms. The number of sulfonamides is 1. The van der Waals surface area contributed by atoms with Crippen LogP contribution in [0.3, 0.4) is 0 Å². The zero-order valence-electron chi connectivity index (χ0n) is 9.56. The number of alkyl halides is 3. The van der Waals surface area contributed by atoms with E-state index in [0.717, 1.165) is 11.3 Å². The van der Waals surface area contributed by atoms with Crippen LogP contribution in [0.2, 0.25) is 0 Å². The fourth-order valence-electron chi connectivity index (χ4n) is 1.08. The molecule has 0 spiro atoms. The van der Waals surface area contributed by atoms with Crippen molar-refractivity contribution in [3.63, 3.8) is 0 Å². The van der Waals surface area contributed by atoms with E-state index < -0.39 is 38.6 Å². The van der Waals surface area contributed by atoms with E-state index >= 15 is 0 Å². The molecular weight excluding hydrogens is 327 g/mol. The van der Waals surface area contributed by atoms with Gasteiger partial charge in [0.25, 0.3) is 10.0 Å². The quantitative estimate of drug-likeness (QED) is 0.849. The van der Waals surface area contributed by atoms with E-state index in [9.17, 15) is 25.8 Å².